The van der Waals surface area contributed by atoms with Crippen molar-refractivity contribution >= 4 is 41.0 Å². The van der Waals surface area contributed by atoms with Crippen molar-refractivity contribution in [3.8, 4) is 0 Å². The molecule has 0 unspecified atom stereocenters. The van der Waals surface area contributed by atoms with Crippen molar-refractivity contribution in [3.63, 3.8) is 0 Å². The lowest BCUT2D eigenvalue weighted by atomic mass is 10.1. The Hall–Kier alpha value is -2.04. The second-order valence-corrected chi connectivity index (χ2v) is 7.26. The number of rotatable bonds is 6. The summed E-state index contributed by atoms with van der Waals surface area (Å²) in [7, 11) is 0. The number of carbonyl (C=O) groups excluding carboxylic acids is 2. The molecule has 6 heteroatoms. The second kappa shape index (κ2) is 7.68. The largest absolute Gasteiger partial charge is 0.454 e. The number of Topliss-reactive ketones (excluding diaryl/α,β-unsaturated/α-hetero) is 1. The molecule has 1 aliphatic carbocycles. The highest BCUT2D eigenvalue weighted by Gasteiger charge is 2.28. The standard InChI is InChI=1S/C20H19Cl2NO3/c1-12-9-17(13(2)23(12)16-6-7-16)19(24)11-26-20(25)8-4-14-3-5-15(21)10-18(14)22/h3-5,8-10,16H,6-7,11H2,1-2H3/b8-4+. The summed E-state index contributed by atoms with van der Waals surface area (Å²) in [4.78, 5) is 24.3. The average molecular weight is 392 g/mol. The lowest BCUT2D eigenvalue weighted by Crippen LogP contribution is -2.13. The molecule has 1 aromatic heterocycles. The van der Waals surface area contributed by atoms with Gasteiger partial charge in [-0.15, -0.1) is 0 Å². The van der Waals surface area contributed by atoms with Gasteiger partial charge in [0.25, 0.3) is 0 Å². The molecule has 1 aliphatic rings. The monoisotopic (exact) mass is 391 g/mol. The zero-order chi connectivity index (χ0) is 18.8. The first-order valence-electron chi connectivity index (χ1n) is 8.38. The van der Waals surface area contributed by atoms with E-state index in [2.05, 4.69) is 4.57 Å². The van der Waals surface area contributed by atoms with Crippen molar-refractivity contribution in [2.24, 2.45) is 0 Å². The number of aromatic nitrogens is 1. The van der Waals surface area contributed by atoms with Crippen molar-refractivity contribution in [1.82, 2.24) is 4.57 Å². The van der Waals surface area contributed by atoms with Gasteiger partial charge < -0.3 is 9.30 Å². The number of halogens is 2. The Morgan fingerprint density at radius 1 is 1.23 bits per heavy atom. The smallest absolute Gasteiger partial charge is 0.331 e. The molecule has 0 radical (unpaired) electrons. The fraction of sp³-hybridized carbons (Fsp3) is 0.300. The summed E-state index contributed by atoms with van der Waals surface area (Å²) < 4.78 is 7.26. The van der Waals surface area contributed by atoms with Gasteiger partial charge in [0.1, 0.15) is 0 Å². The molecule has 0 bridgehead atoms. The number of ketones is 1. The number of esters is 1. The zero-order valence-electron chi connectivity index (χ0n) is 14.6. The van der Waals surface area contributed by atoms with Gasteiger partial charge in [0.05, 0.1) is 0 Å². The topological polar surface area (TPSA) is 48.3 Å². The first-order chi connectivity index (χ1) is 12.4. The van der Waals surface area contributed by atoms with E-state index in [9.17, 15) is 9.59 Å². The maximum Gasteiger partial charge on any atom is 0.331 e. The van der Waals surface area contributed by atoms with Crippen LogP contribution in [0.15, 0.2) is 30.3 Å². The summed E-state index contributed by atoms with van der Waals surface area (Å²) in [6, 6.07) is 7.34. The lowest BCUT2D eigenvalue weighted by molar-refractivity contribution is -0.136. The molecule has 2 aromatic rings. The highest BCUT2D eigenvalue weighted by molar-refractivity contribution is 6.35. The van der Waals surface area contributed by atoms with Crippen LogP contribution in [0.5, 0.6) is 0 Å². The number of aryl methyl sites for hydroxylation is 1. The van der Waals surface area contributed by atoms with Crippen LogP contribution in [0.4, 0.5) is 0 Å². The van der Waals surface area contributed by atoms with Gasteiger partial charge in [-0.3, -0.25) is 4.79 Å². The Morgan fingerprint density at radius 2 is 1.96 bits per heavy atom. The highest BCUT2D eigenvalue weighted by Crippen LogP contribution is 2.38. The van der Waals surface area contributed by atoms with Gasteiger partial charge in [-0.05, 0) is 56.5 Å². The van der Waals surface area contributed by atoms with Crippen LogP contribution in [0.2, 0.25) is 10.0 Å². The maximum absolute atomic E-state index is 12.4. The molecular weight excluding hydrogens is 373 g/mol. The minimum absolute atomic E-state index is 0.198. The number of ether oxygens (including phenoxy) is 1. The van der Waals surface area contributed by atoms with Crippen molar-refractivity contribution < 1.29 is 14.3 Å². The quantitative estimate of drug-likeness (QED) is 0.386. The van der Waals surface area contributed by atoms with Gasteiger partial charge >= 0.3 is 5.97 Å². The number of benzene rings is 1. The molecule has 4 nitrogen and oxygen atoms in total. The molecule has 136 valence electrons. The molecule has 0 saturated heterocycles. The van der Waals surface area contributed by atoms with Gasteiger partial charge in [0, 0.05) is 39.1 Å². The predicted molar refractivity (Wildman–Crippen MR) is 103 cm³/mol. The Kier molecular flexibility index (Phi) is 5.54. The first-order valence-corrected chi connectivity index (χ1v) is 9.14. The normalized spacial score (nSPS) is 14.0. The molecule has 0 aliphatic heterocycles. The molecule has 1 heterocycles. The van der Waals surface area contributed by atoms with Gasteiger partial charge in [-0.1, -0.05) is 29.3 Å². The average Bonchev–Trinajstić information content (AvgIpc) is 3.37. The van der Waals surface area contributed by atoms with Crippen LogP contribution in [0.3, 0.4) is 0 Å². The van der Waals surface area contributed by atoms with E-state index < -0.39 is 5.97 Å². The molecule has 1 aromatic carbocycles. The van der Waals surface area contributed by atoms with Crippen molar-refractivity contribution in [3.05, 3.63) is 62.9 Å². The minimum Gasteiger partial charge on any atom is -0.454 e. The minimum atomic E-state index is -0.597. The van der Waals surface area contributed by atoms with E-state index >= 15 is 0 Å². The van der Waals surface area contributed by atoms with Crippen LogP contribution in [-0.2, 0) is 9.53 Å². The fourth-order valence-electron chi connectivity index (χ4n) is 3.01. The fourth-order valence-corrected chi connectivity index (χ4v) is 3.48. The number of nitrogens with zero attached hydrogens (tertiary/aromatic N) is 1. The number of carbonyl (C=O) groups is 2. The summed E-state index contributed by atoms with van der Waals surface area (Å²) in [5.74, 6) is -0.795. The summed E-state index contributed by atoms with van der Waals surface area (Å²) in [5, 5.41) is 0.953. The molecule has 0 amide bonds. The van der Waals surface area contributed by atoms with E-state index in [1.807, 2.05) is 19.9 Å². The summed E-state index contributed by atoms with van der Waals surface area (Å²) in [5.41, 5.74) is 3.27. The van der Waals surface area contributed by atoms with E-state index in [0.29, 0.717) is 27.2 Å². The summed E-state index contributed by atoms with van der Waals surface area (Å²) in [6.07, 6.45) is 5.08. The Labute approximate surface area is 162 Å². The molecule has 0 spiro atoms. The third-order valence-corrected chi connectivity index (χ3v) is 4.97. The molecule has 0 atom stereocenters. The van der Waals surface area contributed by atoms with Crippen LogP contribution >= 0.6 is 23.2 Å². The highest BCUT2D eigenvalue weighted by atomic mass is 35.5. The zero-order valence-corrected chi connectivity index (χ0v) is 16.1. The lowest BCUT2D eigenvalue weighted by Gasteiger charge is -2.07. The van der Waals surface area contributed by atoms with E-state index in [-0.39, 0.29) is 12.4 Å². The van der Waals surface area contributed by atoms with Gasteiger partial charge in [0.15, 0.2) is 6.61 Å². The van der Waals surface area contributed by atoms with Crippen molar-refractivity contribution in [2.75, 3.05) is 6.61 Å². The van der Waals surface area contributed by atoms with Crippen LogP contribution < -0.4 is 0 Å². The van der Waals surface area contributed by atoms with Crippen LogP contribution in [0.1, 0.15) is 46.2 Å². The molecule has 1 saturated carbocycles. The van der Waals surface area contributed by atoms with Crippen LogP contribution in [0.25, 0.3) is 6.08 Å². The van der Waals surface area contributed by atoms with Gasteiger partial charge in [0.2, 0.25) is 5.78 Å². The van der Waals surface area contributed by atoms with Gasteiger partial charge in [-0.25, -0.2) is 4.79 Å². The predicted octanol–water partition coefficient (Wildman–Crippen LogP) is 5.19. The Morgan fingerprint density at radius 3 is 2.62 bits per heavy atom. The van der Waals surface area contributed by atoms with E-state index in [1.165, 1.54) is 12.2 Å². The van der Waals surface area contributed by atoms with Crippen LogP contribution in [-0.4, -0.2) is 22.9 Å². The first kappa shape index (κ1) is 18.7. The molecule has 0 N–H and O–H groups in total. The second-order valence-electron chi connectivity index (χ2n) is 6.42. The molecular formula is C20H19Cl2NO3. The van der Waals surface area contributed by atoms with E-state index in [1.54, 1.807) is 18.2 Å². The Balaban J connectivity index is 1.60. The third-order valence-electron chi connectivity index (χ3n) is 4.40. The maximum atomic E-state index is 12.4. The van der Waals surface area contributed by atoms with Crippen molar-refractivity contribution in [1.29, 1.82) is 0 Å². The Bertz CT molecular complexity index is 895. The summed E-state index contributed by atoms with van der Waals surface area (Å²) in [6.45, 7) is 3.64. The SMILES string of the molecule is Cc1cc(C(=O)COC(=O)/C=C/c2ccc(Cl)cc2Cl)c(C)n1C1CC1. The van der Waals surface area contributed by atoms with E-state index in [4.69, 9.17) is 27.9 Å². The summed E-state index contributed by atoms with van der Waals surface area (Å²) >= 11 is 11.9. The molecule has 1 fully saturated rings. The third kappa shape index (κ3) is 4.19. The van der Waals surface area contributed by atoms with Crippen molar-refractivity contribution in [2.45, 2.75) is 32.7 Å². The number of hydrogen-bond donors (Lipinski definition) is 0. The number of hydrogen-bond acceptors (Lipinski definition) is 3. The van der Waals surface area contributed by atoms with E-state index in [0.717, 1.165) is 24.2 Å². The van der Waals surface area contributed by atoms with Gasteiger partial charge in [-0.2, -0.15) is 0 Å². The van der Waals surface area contributed by atoms with Crippen LogP contribution in [0, 0.1) is 13.8 Å². The molecule has 26 heavy (non-hydrogen) atoms. The molecule has 3 rings (SSSR count).